The molecule has 0 aliphatic carbocycles. The maximum Gasteiger partial charge on any atom is 0.306 e. The quantitative estimate of drug-likeness (QED) is 0.519. The Kier molecular flexibility index (Phi) is 4.34. The molecule has 0 unspecified atom stereocenters. The Morgan fingerprint density at radius 2 is 2.14 bits per heavy atom. The number of hydrogen-bond acceptors (Lipinski definition) is 4. The fourth-order valence-corrected chi connectivity index (χ4v) is 0.892. The fraction of sp³-hybridized carbons (Fsp3) is 0.300. The van der Waals surface area contributed by atoms with Crippen molar-refractivity contribution in [3.05, 3.63) is 30.1 Å². The minimum absolute atomic E-state index is 0.147. The Balaban J connectivity index is 2.27. The summed E-state index contributed by atoms with van der Waals surface area (Å²) in [5.41, 5.74) is 0.888. The number of pyridine rings is 1. The highest BCUT2D eigenvalue weighted by Gasteiger charge is 2.01. The molecule has 14 heavy (non-hydrogen) atoms. The second-order valence-corrected chi connectivity index (χ2v) is 2.72. The number of hydrogen-bond donors (Lipinski definition) is 0. The van der Waals surface area contributed by atoms with E-state index in [1.807, 2.05) is 0 Å². The summed E-state index contributed by atoms with van der Waals surface area (Å²) in [6, 6.07) is 3.54. The van der Waals surface area contributed by atoms with Gasteiger partial charge in [0.1, 0.15) is 12.9 Å². The van der Waals surface area contributed by atoms with E-state index in [0.717, 1.165) is 5.56 Å². The maximum absolute atomic E-state index is 11.0. The van der Waals surface area contributed by atoms with Crippen LogP contribution in [0.15, 0.2) is 24.5 Å². The molecule has 0 aliphatic heterocycles. The Bertz CT molecular complexity index is 297. The van der Waals surface area contributed by atoms with Gasteiger partial charge in [0.25, 0.3) is 0 Å². The average molecular weight is 193 g/mol. The van der Waals surface area contributed by atoms with Crippen LogP contribution in [-0.4, -0.2) is 17.2 Å². The molecule has 74 valence electrons. The number of carbonyl (C=O) groups is 2. The first kappa shape index (κ1) is 10.4. The van der Waals surface area contributed by atoms with Crippen molar-refractivity contribution in [2.45, 2.75) is 19.4 Å². The predicted octanol–water partition coefficient (Wildman–Crippen LogP) is 1.10. The average Bonchev–Trinajstić information content (AvgIpc) is 2.25. The van der Waals surface area contributed by atoms with Gasteiger partial charge >= 0.3 is 5.97 Å². The third-order valence-corrected chi connectivity index (χ3v) is 1.62. The fourth-order valence-electron chi connectivity index (χ4n) is 0.892. The van der Waals surface area contributed by atoms with Crippen molar-refractivity contribution in [3.8, 4) is 0 Å². The zero-order chi connectivity index (χ0) is 10.2. The summed E-state index contributed by atoms with van der Waals surface area (Å²) >= 11 is 0. The summed E-state index contributed by atoms with van der Waals surface area (Å²) in [6.45, 7) is 0.236. The van der Waals surface area contributed by atoms with E-state index in [2.05, 4.69) is 4.98 Å². The molecular formula is C10H11NO3. The van der Waals surface area contributed by atoms with E-state index in [-0.39, 0.29) is 25.4 Å². The van der Waals surface area contributed by atoms with Crippen LogP contribution in [0.2, 0.25) is 0 Å². The first-order valence-electron chi connectivity index (χ1n) is 4.31. The third-order valence-electron chi connectivity index (χ3n) is 1.62. The lowest BCUT2D eigenvalue weighted by Gasteiger charge is -2.02. The number of esters is 1. The minimum Gasteiger partial charge on any atom is -0.461 e. The number of carbonyl (C=O) groups excluding carboxylic acids is 2. The largest absolute Gasteiger partial charge is 0.461 e. The van der Waals surface area contributed by atoms with Crippen molar-refractivity contribution >= 4 is 12.3 Å². The molecular weight excluding hydrogens is 182 g/mol. The topological polar surface area (TPSA) is 56.3 Å². The minimum atomic E-state index is -0.353. The molecule has 0 N–H and O–H groups in total. The van der Waals surface area contributed by atoms with Gasteiger partial charge in [0.05, 0.1) is 6.42 Å². The SMILES string of the molecule is O=CCCC(=O)OCc1ccncc1. The van der Waals surface area contributed by atoms with E-state index in [1.54, 1.807) is 24.5 Å². The highest BCUT2D eigenvalue weighted by molar-refractivity contribution is 5.72. The molecule has 0 radical (unpaired) electrons. The van der Waals surface area contributed by atoms with Gasteiger partial charge in [-0.1, -0.05) is 0 Å². The van der Waals surface area contributed by atoms with Crippen LogP contribution in [0.5, 0.6) is 0 Å². The Morgan fingerprint density at radius 1 is 1.43 bits per heavy atom. The van der Waals surface area contributed by atoms with Crippen LogP contribution in [0.25, 0.3) is 0 Å². The first-order valence-corrected chi connectivity index (χ1v) is 4.31. The summed E-state index contributed by atoms with van der Waals surface area (Å²) in [4.78, 5) is 24.8. The summed E-state index contributed by atoms with van der Waals surface area (Å²) < 4.78 is 4.90. The maximum atomic E-state index is 11.0. The normalized spacial score (nSPS) is 9.43. The Labute approximate surface area is 81.9 Å². The molecule has 0 aliphatic rings. The Hall–Kier alpha value is -1.71. The monoisotopic (exact) mass is 193 g/mol. The molecule has 4 heteroatoms. The molecule has 0 bridgehead atoms. The second-order valence-electron chi connectivity index (χ2n) is 2.72. The van der Waals surface area contributed by atoms with E-state index in [9.17, 15) is 9.59 Å². The van der Waals surface area contributed by atoms with Gasteiger partial charge in [0, 0.05) is 18.8 Å². The number of rotatable bonds is 5. The van der Waals surface area contributed by atoms with Crippen molar-refractivity contribution in [3.63, 3.8) is 0 Å². The molecule has 1 heterocycles. The lowest BCUT2D eigenvalue weighted by Crippen LogP contribution is -2.04. The first-order chi connectivity index (χ1) is 6.83. The van der Waals surface area contributed by atoms with Gasteiger partial charge in [-0.3, -0.25) is 9.78 Å². The summed E-state index contributed by atoms with van der Waals surface area (Å²) in [5.74, 6) is -0.353. The van der Waals surface area contributed by atoms with Crippen molar-refractivity contribution < 1.29 is 14.3 Å². The predicted molar refractivity (Wildman–Crippen MR) is 49.3 cm³/mol. The van der Waals surface area contributed by atoms with Crippen LogP contribution < -0.4 is 0 Å². The number of ether oxygens (including phenoxy) is 1. The lowest BCUT2D eigenvalue weighted by atomic mass is 10.3. The molecule has 1 aromatic rings. The van der Waals surface area contributed by atoms with Crippen molar-refractivity contribution in [1.29, 1.82) is 0 Å². The Morgan fingerprint density at radius 3 is 2.79 bits per heavy atom. The van der Waals surface area contributed by atoms with Crippen molar-refractivity contribution in [2.75, 3.05) is 0 Å². The van der Waals surface area contributed by atoms with Crippen LogP contribution in [0.4, 0.5) is 0 Å². The van der Waals surface area contributed by atoms with Gasteiger partial charge in [-0.15, -0.1) is 0 Å². The van der Waals surface area contributed by atoms with Crippen LogP contribution >= 0.6 is 0 Å². The van der Waals surface area contributed by atoms with Gasteiger partial charge in [0.15, 0.2) is 0 Å². The third kappa shape index (κ3) is 3.80. The molecule has 0 fully saturated rings. The highest BCUT2D eigenvalue weighted by atomic mass is 16.5. The molecule has 1 aromatic heterocycles. The van der Waals surface area contributed by atoms with Crippen LogP contribution in [0.1, 0.15) is 18.4 Å². The van der Waals surface area contributed by atoms with E-state index in [4.69, 9.17) is 4.74 Å². The van der Waals surface area contributed by atoms with Gasteiger partial charge in [-0.2, -0.15) is 0 Å². The zero-order valence-corrected chi connectivity index (χ0v) is 7.68. The van der Waals surface area contributed by atoms with E-state index < -0.39 is 0 Å². The zero-order valence-electron chi connectivity index (χ0n) is 7.68. The summed E-state index contributed by atoms with van der Waals surface area (Å²) in [5, 5.41) is 0. The molecule has 0 spiro atoms. The van der Waals surface area contributed by atoms with Gasteiger partial charge in [-0.25, -0.2) is 0 Å². The van der Waals surface area contributed by atoms with Gasteiger partial charge < -0.3 is 9.53 Å². The molecule has 1 rings (SSSR count). The number of nitrogens with zero attached hydrogens (tertiary/aromatic N) is 1. The van der Waals surface area contributed by atoms with E-state index in [1.165, 1.54) is 0 Å². The number of aldehydes is 1. The molecule has 0 atom stereocenters. The lowest BCUT2D eigenvalue weighted by molar-refractivity contribution is -0.145. The van der Waals surface area contributed by atoms with E-state index >= 15 is 0 Å². The molecule has 0 aromatic carbocycles. The standard InChI is InChI=1S/C10H11NO3/c12-7-1-2-10(13)14-8-9-3-5-11-6-4-9/h3-7H,1-2,8H2. The van der Waals surface area contributed by atoms with Gasteiger partial charge in [-0.05, 0) is 17.7 Å². The molecule has 4 nitrogen and oxygen atoms in total. The molecule has 0 saturated heterocycles. The van der Waals surface area contributed by atoms with Crippen LogP contribution in [0, 0.1) is 0 Å². The summed E-state index contributed by atoms with van der Waals surface area (Å²) in [6.07, 6.45) is 4.33. The second kappa shape index (κ2) is 5.85. The smallest absolute Gasteiger partial charge is 0.306 e. The van der Waals surface area contributed by atoms with Gasteiger partial charge in [0.2, 0.25) is 0 Å². The van der Waals surface area contributed by atoms with E-state index in [0.29, 0.717) is 6.29 Å². The van der Waals surface area contributed by atoms with Crippen LogP contribution in [-0.2, 0) is 20.9 Å². The number of aromatic nitrogens is 1. The summed E-state index contributed by atoms with van der Waals surface area (Å²) in [7, 11) is 0. The van der Waals surface area contributed by atoms with Crippen molar-refractivity contribution in [1.82, 2.24) is 4.98 Å². The van der Waals surface area contributed by atoms with Crippen LogP contribution in [0.3, 0.4) is 0 Å². The molecule has 0 amide bonds. The molecule has 0 saturated carbocycles. The highest BCUT2D eigenvalue weighted by Crippen LogP contribution is 2.00. The van der Waals surface area contributed by atoms with Crippen molar-refractivity contribution in [2.24, 2.45) is 0 Å².